The third-order valence-electron chi connectivity index (χ3n) is 3.99. The van der Waals surface area contributed by atoms with E-state index in [0.29, 0.717) is 17.9 Å². The molecule has 2 N–H and O–H groups in total. The lowest BCUT2D eigenvalue weighted by molar-refractivity contribution is 0.158. The molecule has 2 rings (SSSR count). The van der Waals surface area contributed by atoms with Gasteiger partial charge in [0, 0.05) is 17.0 Å². The topological polar surface area (TPSA) is 32.3 Å². The molecule has 1 saturated carbocycles. The van der Waals surface area contributed by atoms with Gasteiger partial charge in [-0.05, 0) is 19.3 Å². The number of aliphatic hydroxyl groups is 1. The number of aliphatic hydroxyl groups excluding tert-OH is 1. The summed E-state index contributed by atoms with van der Waals surface area (Å²) in [6, 6.07) is 0.653. The molecule has 0 spiro atoms. The molecule has 0 amide bonds. The van der Waals surface area contributed by atoms with Gasteiger partial charge in [-0.15, -0.1) is 0 Å². The molecule has 0 aromatic carbocycles. The molecule has 1 saturated heterocycles. The highest BCUT2D eigenvalue weighted by atomic mass is 32.2. The van der Waals surface area contributed by atoms with E-state index >= 15 is 0 Å². The normalized spacial score (nSPS) is 37.5. The summed E-state index contributed by atoms with van der Waals surface area (Å²) >= 11 is 2.00. The Labute approximate surface area is 104 Å². The first-order valence-corrected chi connectivity index (χ1v) is 7.79. The summed E-state index contributed by atoms with van der Waals surface area (Å²) in [6.45, 7) is 2.58. The van der Waals surface area contributed by atoms with Gasteiger partial charge in [-0.2, -0.15) is 11.8 Å². The summed E-state index contributed by atoms with van der Waals surface area (Å²) in [4.78, 5) is 0. The van der Waals surface area contributed by atoms with Gasteiger partial charge in [0.15, 0.2) is 0 Å². The van der Waals surface area contributed by atoms with Gasteiger partial charge in [0.2, 0.25) is 0 Å². The molecular formula is C13H25NOS. The number of rotatable bonds is 3. The summed E-state index contributed by atoms with van der Waals surface area (Å²) in [5.41, 5.74) is 0.0269. The molecule has 1 aliphatic carbocycles. The van der Waals surface area contributed by atoms with Crippen LogP contribution >= 0.6 is 11.8 Å². The Hall–Kier alpha value is 0.270. The van der Waals surface area contributed by atoms with Gasteiger partial charge in [-0.25, -0.2) is 0 Å². The molecule has 2 unspecified atom stereocenters. The van der Waals surface area contributed by atoms with Crippen molar-refractivity contribution in [2.24, 2.45) is 0 Å². The lowest BCUT2D eigenvalue weighted by Crippen LogP contribution is -2.53. The van der Waals surface area contributed by atoms with Gasteiger partial charge in [0.1, 0.15) is 0 Å². The SMILES string of the molecule is CC1CC(CO)(NC2CCCCCC2)CS1. The van der Waals surface area contributed by atoms with Crippen molar-refractivity contribution in [2.75, 3.05) is 12.4 Å². The van der Waals surface area contributed by atoms with Crippen molar-refractivity contribution in [3.05, 3.63) is 0 Å². The molecule has 2 aliphatic rings. The molecule has 16 heavy (non-hydrogen) atoms. The second-order valence-corrected chi connectivity index (χ2v) is 7.02. The van der Waals surface area contributed by atoms with Crippen molar-refractivity contribution in [3.63, 3.8) is 0 Å². The van der Waals surface area contributed by atoms with Crippen LogP contribution in [-0.4, -0.2) is 34.3 Å². The summed E-state index contributed by atoms with van der Waals surface area (Å²) in [7, 11) is 0. The smallest absolute Gasteiger partial charge is 0.0621 e. The maximum absolute atomic E-state index is 9.66. The van der Waals surface area contributed by atoms with E-state index in [2.05, 4.69) is 12.2 Å². The maximum atomic E-state index is 9.66. The van der Waals surface area contributed by atoms with Gasteiger partial charge in [0.25, 0.3) is 0 Å². The molecule has 1 heterocycles. The van der Waals surface area contributed by atoms with Crippen LogP contribution in [0.3, 0.4) is 0 Å². The van der Waals surface area contributed by atoms with Crippen molar-refractivity contribution in [2.45, 2.75) is 68.7 Å². The minimum atomic E-state index is 0.0269. The van der Waals surface area contributed by atoms with Gasteiger partial charge in [-0.3, -0.25) is 0 Å². The monoisotopic (exact) mass is 243 g/mol. The molecular weight excluding hydrogens is 218 g/mol. The number of hydrogen-bond acceptors (Lipinski definition) is 3. The fourth-order valence-electron chi connectivity index (χ4n) is 3.08. The van der Waals surface area contributed by atoms with Gasteiger partial charge in [-0.1, -0.05) is 32.6 Å². The lowest BCUT2D eigenvalue weighted by atomic mass is 9.94. The standard InChI is InChI=1S/C13H25NOS/c1-11-8-13(9-15,10-16-11)14-12-6-4-2-3-5-7-12/h11-12,14-15H,2-10H2,1H3. The van der Waals surface area contributed by atoms with E-state index < -0.39 is 0 Å². The van der Waals surface area contributed by atoms with E-state index in [4.69, 9.17) is 0 Å². The molecule has 2 fully saturated rings. The van der Waals surface area contributed by atoms with Crippen molar-refractivity contribution < 1.29 is 5.11 Å². The number of nitrogens with one attached hydrogen (secondary N) is 1. The van der Waals surface area contributed by atoms with E-state index in [1.807, 2.05) is 11.8 Å². The fraction of sp³-hybridized carbons (Fsp3) is 1.00. The fourth-order valence-corrected chi connectivity index (χ4v) is 4.42. The molecule has 94 valence electrons. The third-order valence-corrected chi connectivity index (χ3v) is 5.45. The lowest BCUT2D eigenvalue weighted by Gasteiger charge is -2.32. The first-order valence-electron chi connectivity index (χ1n) is 6.74. The Kier molecular flexibility index (Phi) is 4.57. The first kappa shape index (κ1) is 12.7. The summed E-state index contributed by atoms with van der Waals surface area (Å²) in [6.07, 6.45) is 9.26. The van der Waals surface area contributed by atoms with Crippen LogP contribution in [0.5, 0.6) is 0 Å². The van der Waals surface area contributed by atoms with Gasteiger partial charge in [0.05, 0.1) is 12.1 Å². The van der Waals surface area contributed by atoms with E-state index in [1.165, 1.54) is 38.5 Å². The largest absolute Gasteiger partial charge is 0.394 e. The quantitative estimate of drug-likeness (QED) is 0.747. The van der Waals surface area contributed by atoms with Crippen LogP contribution < -0.4 is 5.32 Å². The second kappa shape index (κ2) is 5.74. The molecule has 0 aromatic heterocycles. The van der Waals surface area contributed by atoms with Crippen LogP contribution in [0, 0.1) is 0 Å². The van der Waals surface area contributed by atoms with Crippen molar-refractivity contribution in [1.29, 1.82) is 0 Å². The van der Waals surface area contributed by atoms with E-state index in [-0.39, 0.29) is 5.54 Å². The number of hydrogen-bond donors (Lipinski definition) is 2. The van der Waals surface area contributed by atoms with Crippen LogP contribution in [0.2, 0.25) is 0 Å². The van der Waals surface area contributed by atoms with Crippen molar-refractivity contribution in [1.82, 2.24) is 5.32 Å². The first-order chi connectivity index (χ1) is 7.74. The Morgan fingerprint density at radius 3 is 2.44 bits per heavy atom. The minimum Gasteiger partial charge on any atom is -0.394 e. The predicted molar refractivity (Wildman–Crippen MR) is 71.0 cm³/mol. The van der Waals surface area contributed by atoms with Crippen LogP contribution in [0.1, 0.15) is 51.9 Å². The highest BCUT2D eigenvalue weighted by molar-refractivity contribution is 8.00. The summed E-state index contributed by atoms with van der Waals surface area (Å²) < 4.78 is 0. The zero-order valence-corrected chi connectivity index (χ0v) is 11.2. The maximum Gasteiger partial charge on any atom is 0.0621 e. The highest BCUT2D eigenvalue weighted by Gasteiger charge is 2.38. The van der Waals surface area contributed by atoms with Crippen molar-refractivity contribution >= 4 is 11.8 Å². The summed E-state index contributed by atoms with van der Waals surface area (Å²) in [5.74, 6) is 1.08. The zero-order chi connectivity index (χ0) is 11.4. The molecule has 1 aliphatic heterocycles. The Morgan fingerprint density at radius 1 is 1.25 bits per heavy atom. The summed E-state index contributed by atoms with van der Waals surface area (Å²) in [5, 5.41) is 14.1. The minimum absolute atomic E-state index is 0.0269. The zero-order valence-electron chi connectivity index (χ0n) is 10.4. The van der Waals surface area contributed by atoms with Crippen LogP contribution in [0.25, 0.3) is 0 Å². The molecule has 0 aromatic rings. The average Bonchev–Trinajstić information content (AvgIpc) is 2.51. The van der Waals surface area contributed by atoms with E-state index in [1.54, 1.807) is 0 Å². The number of thioether (sulfide) groups is 1. The molecule has 2 nitrogen and oxygen atoms in total. The Balaban J connectivity index is 1.90. The molecule has 0 radical (unpaired) electrons. The second-order valence-electron chi connectivity index (χ2n) is 5.60. The van der Waals surface area contributed by atoms with Crippen molar-refractivity contribution in [3.8, 4) is 0 Å². The van der Waals surface area contributed by atoms with Crippen LogP contribution in [-0.2, 0) is 0 Å². The van der Waals surface area contributed by atoms with Gasteiger partial charge >= 0.3 is 0 Å². The van der Waals surface area contributed by atoms with E-state index in [9.17, 15) is 5.11 Å². The molecule has 0 bridgehead atoms. The molecule has 2 atom stereocenters. The third kappa shape index (κ3) is 3.14. The Morgan fingerprint density at radius 2 is 1.94 bits per heavy atom. The predicted octanol–water partition coefficient (Wildman–Crippen LogP) is 2.56. The highest BCUT2D eigenvalue weighted by Crippen LogP contribution is 2.35. The van der Waals surface area contributed by atoms with Gasteiger partial charge < -0.3 is 10.4 Å². The van der Waals surface area contributed by atoms with Crippen LogP contribution in [0.4, 0.5) is 0 Å². The average molecular weight is 243 g/mol. The molecule has 3 heteroatoms. The Bertz CT molecular complexity index is 216. The van der Waals surface area contributed by atoms with E-state index in [0.717, 1.165) is 12.2 Å². The van der Waals surface area contributed by atoms with Crippen LogP contribution in [0.15, 0.2) is 0 Å².